The molecule has 2 aromatic rings. The molecule has 0 radical (unpaired) electrons. The summed E-state index contributed by atoms with van der Waals surface area (Å²) < 4.78 is 1.93. The lowest BCUT2D eigenvalue weighted by Crippen LogP contribution is -2.28. The summed E-state index contributed by atoms with van der Waals surface area (Å²) in [4.78, 5) is 14.2. The SMILES string of the molecule is CCCn1cc(N)cc1C(=O)N(C)Cc1ccccc1. The highest BCUT2D eigenvalue weighted by Gasteiger charge is 2.17. The number of nitrogen functional groups attached to an aromatic ring is 1. The van der Waals surface area contributed by atoms with Gasteiger partial charge in [0.2, 0.25) is 0 Å². The molecule has 4 heteroatoms. The Balaban J connectivity index is 2.14. The Bertz CT molecular complexity index is 575. The van der Waals surface area contributed by atoms with Crippen LogP contribution >= 0.6 is 0 Å². The Kier molecular flexibility index (Phi) is 4.45. The number of carbonyl (C=O) groups excluding carboxylic acids is 1. The van der Waals surface area contributed by atoms with E-state index >= 15 is 0 Å². The van der Waals surface area contributed by atoms with Crippen LogP contribution in [0.3, 0.4) is 0 Å². The summed E-state index contributed by atoms with van der Waals surface area (Å²) in [5, 5.41) is 0. The molecule has 1 aromatic carbocycles. The highest BCUT2D eigenvalue weighted by molar-refractivity contribution is 5.93. The monoisotopic (exact) mass is 271 g/mol. The van der Waals surface area contributed by atoms with E-state index in [9.17, 15) is 4.79 Å². The Morgan fingerprint density at radius 3 is 2.65 bits per heavy atom. The summed E-state index contributed by atoms with van der Waals surface area (Å²) in [5.74, 6) is -0.000923. The van der Waals surface area contributed by atoms with Crippen LogP contribution in [0, 0.1) is 0 Å². The molecule has 2 N–H and O–H groups in total. The first-order valence-electron chi connectivity index (χ1n) is 6.87. The molecule has 0 atom stereocenters. The number of amides is 1. The lowest BCUT2D eigenvalue weighted by molar-refractivity contribution is 0.0774. The van der Waals surface area contributed by atoms with E-state index in [0.717, 1.165) is 18.5 Å². The van der Waals surface area contributed by atoms with Crippen molar-refractivity contribution in [3.63, 3.8) is 0 Å². The van der Waals surface area contributed by atoms with Crippen molar-refractivity contribution in [3.05, 3.63) is 53.9 Å². The maximum atomic E-state index is 12.5. The lowest BCUT2D eigenvalue weighted by Gasteiger charge is -2.18. The van der Waals surface area contributed by atoms with Gasteiger partial charge in [-0.2, -0.15) is 0 Å². The first-order chi connectivity index (χ1) is 9.61. The fraction of sp³-hybridized carbons (Fsp3) is 0.312. The fourth-order valence-electron chi connectivity index (χ4n) is 2.26. The molecule has 0 aliphatic heterocycles. The second-order valence-electron chi connectivity index (χ2n) is 5.00. The summed E-state index contributed by atoms with van der Waals surface area (Å²) in [6, 6.07) is 11.7. The van der Waals surface area contributed by atoms with Gasteiger partial charge in [0.15, 0.2) is 0 Å². The van der Waals surface area contributed by atoms with Gasteiger partial charge in [-0.05, 0) is 18.1 Å². The number of nitrogens with two attached hydrogens (primary N) is 1. The quantitative estimate of drug-likeness (QED) is 0.909. The molecule has 1 aromatic heterocycles. The molecule has 4 nitrogen and oxygen atoms in total. The Labute approximate surface area is 119 Å². The largest absolute Gasteiger partial charge is 0.397 e. The van der Waals surface area contributed by atoms with Gasteiger partial charge in [0.05, 0.1) is 5.69 Å². The van der Waals surface area contributed by atoms with Gasteiger partial charge in [-0.1, -0.05) is 37.3 Å². The zero-order valence-corrected chi connectivity index (χ0v) is 12.0. The van der Waals surface area contributed by atoms with Crippen molar-refractivity contribution in [1.29, 1.82) is 0 Å². The van der Waals surface area contributed by atoms with Crippen LogP contribution in [0.5, 0.6) is 0 Å². The van der Waals surface area contributed by atoms with Crippen LogP contribution in [0.1, 0.15) is 29.4 Å². The molecule has 20 heavy (non-hydrogen) atoms. The first-order valence-corrected chi connectivity index (χ1v) is 6.87. The number of aryl methyl sites for hydroxylation is 1. The van der Waals surface area contributed by atoms with Crippen molar-refractivity contribution < 1.29 is 4.79 Å². The van der Waals surface area contributed by atoms with Gasteiger partial charge in [0.1, 0.15) is 5.69 Å². The van der Waals surface area contributed by atoms with Crippen LogP contribution in [0.4, 0.5) is 5.69 Å². The van der Waals surface area contributed by atoms with E-state index in [1.165, 1.54) is 0 Å². The topological polar surface area (TPSA) is 51.3 Å². The molecule has 0 bridgehead atoms. The molecule has 1 heterocycles. The average molecular weight is 271 g/mol. The number of hydrogen-bond donors (Lipinski definition) is 1. The van der Waals surface area contributed by atoms with Crippen LogP contribution in [0.15, 0.2) is 42.6 Å². The highest BCUT2D eigenvalue weighted by atomic mass is 16.2. The molecule has 0 saturated carbocycles. The van der Waals surface area contributed by atoms with Crippen LogP contribution < -0.4 is 5.73 Å². The minimum absolute atomic E-state index is 0.000923. The predicted octanol–water partition coefficient (Wildman–Crippen LogP) is 2.75. The maximum Gasteiger partial charge on any atom is 0.270 e. The third-order valence-electron chi connectivity index (χ3n) is 3.21. The molecule has 2 rings (SSSR count). The number of nitrogens with zero attached hydrogens (tertiary/aromatic N) is 2. The number of aromatic nitrogens is 1. The highest BCUT2D eigenvalue weighted by Crippen LogP contribution is 2.14. The standard InChI is InChI=1S/C16H21N3O/c1-3-9-19-12-14(17)10-15(19)16(20)18(2)11-13-7-5-4-6-8-13/h4-8,10,12H,3,9,11,17H2,1-2H3. The normalized spacial score (nSPS) is 10.5. The van der Waals surface area contributed by atoms with E-state index in [1.807, 2.05) is 48.1 Å². The maximum absolute atomic E-state index is 12.5. The fourth-order valence-corrected chi connectivity index (χ4v) is 2.26. The third kappa shape index (κ3) is 3.20. The zero-order valence-electron chi connectivity index (χ0n) is 12.0. The second kappa shape index (κ2) is 6.28. The van der Waals surface area contributed by atoms with Crippen molar-refractivity contribution in [1.82, 2.24) is 9.47 Å². The third-order valence-corrected chi connectivity index (χ3v) is 3.21. The Morgan fingerprint density at radius 2 is 2.00 bits per heavy atom. The first kappa shape index (κ1) is 14.2. The molecular weight excluding hydrogens is 250 g/mol. The Morgan fingerprint density at radius 1 is 1.30 bits per heavy atom. The van der Waals surface area contributed by atoms with E-state index in [4.69, 9.17) is 5.73 Å². The summed E-state index contributed by atoms with van der Waals surface area (Å²) >= 11 is 0. The summed E-state index contributed by atoms with van der Waals surface area (Å²) in [7, 11) is 1.81. The van der Waals surface area contributed by atoms with Crippen molar-refractivity contribution in [2.45, 2.75) is 26.4 Å². The van der Waals surface area contributed by atoms with Crippen molar-refractivity contribution >= 4 is 11.6 Å². The van der Waals surface area contributed by atoms with Gasteiger partial charge in [-0.3, -0.25) is 4.79 Å². The molecule has 0 spiro atoms. The molecule has 0 aliphatic rings. The molecule has 0 aliphatic carbocycles. The second-order valence-corrected chi connectivity index (χ2v) is 5.00. The van der Waals surface area contributed by atoms with Gasteiger partial charge < -0.3 is 15.2 Å². The number of benzene rings is 1. The predicted molar refractivity (Wildman–Crippen MR) is 81.4 cm³/mol. The number of carbonyl (C=O) groups is 1. The van der Waals surface area contributed by atoms with E-state index < -0.39 is 0 Å². The lowest BCUT2D eigenvalue weighted by atomic mass is 10.2. The van der Waals surface area contributed by atoms with Gasteiger partial charge in [0, 0.05) is 26.3 Å². The molecule has 0 fully saturated rings. The van der Waals surface area contributed by atoms with Crippen LogP contribution in [-0.2, 0) is 13.1 Å². The summed E-state index contributed by atoms with van der Waals surface area (Å²) in [6.07, 6.45) is 2.80. The van der Waals surface area contributed by atoms with E-state index in [0.29, 0.717) is 17.9 Å². The number of hydrogen-bond acceptors (Lipinski definition) is 2. The van der Waals surface area contributed by atoms with Gasteiger partial charge in [-0.25, -0.2) is 0 Å². The Hall–Kier alpha value is -2.23. The van der Waals surface area contributed by atoms with Gasteiger partial charge in [0.25, 0.3) is 5.91 Å². The van der Waals surface area contributed by atoms with E-state index in [1.54, 1.807) is 11.0 Å². The average Bonchev–Trinajstić information content (AvgIpc) is 2.80. The van der Waals surface area contributed by atoms with Gasteiger partial charge in [-0.15, -0.1) is 0 Å². The zero-order chi connectivity index (χ0) is 14.5. The van der Waals surface area contributed by atoms with Gasteiger partial charge >= 0.3 is 0 Å². The molecule has 1 amide bonds. The molecule has 106 valence electrons. The van der Waals surface area contributed by atoms with Crippen LogP contribution in [0.25, 0.3) is 0 Å². The van der Waals surface area contributed by atoms with Crippen LogP contribution in [-0.4, -0.2) is 22.4 Å². The summed E-state index contributed by atoms with van der Waals surface area (Å²) in [5.41, 5.74) is 8.21. The molecule has 0 unspecified atom stereocenters. The minimum atomic E-state index is -0.000923. The smallest absolute Gasteiger partial charge is 0.270 e. The molecule has 0 saturated heterocycles. The molecular formula is C16H21N3O. The van der Waals surface area contributed by atoms with Crippen molar-refractivity contribution in [2.24, 2.45) is 0 Å². The summed E-state index contributed by atoms with van der Waals surface area (Å²) in [6.45, 7) is 3.48. The number of anilines is 1. The van der Waals surface area contributed by atoms with Crippen LogP contribution in [0.2, 0.25) is 0 Å². The van der Waals surface area contributed by atoms with E-state index in [-0.39, 0.29) is 5.91 Å². The minimum Gasteiger partial charge on any atom is -0.397 e. The number of rotatable bonds is 5. The van der Waals surface area contributed by atoms with Crippen molar-refractivity contribution in [2.75, 3.05) is 12.8 Å². The van der Waals surface area contributed by atoms with E-state index in [2.05, 4.69) is 6.92 Å². The van der Waals surface area contributed by atoms with Crippen molar-refractivity contribution in [3.8, 4) is 0 Å².